The van der Waals surface area contributed by atoms with Gasteiger partial charge >= 0.3 is 0 Å². The van der Waals surface area contributed by atoms with Gasteiger partial charge in [0.1, 0.15) is 0 Å². The topological polar surface area (TPSA) is 39.5 Å². The van der Waals surface area contributed by atoms with E-state index in [9.17, 15) is 5.21 Å². The molecule has 0 spiro atoms. The smallest absolute Gasteiger partial charge is 0.0964 e. The number of quaternary nitrogens is 1. The molecule has 0 aromatic carbocycles. The summed E-state index contributed by atoms with van der Waals surface area (Å²) in [6, 6.07) is 0. The first-order chi connectivity index (χ1) is 3.81. The summed E-state index contributed by atoms with van der Waals surface area (Å²) in [5.41, 5.74) is 2.69. The van der Waals surface area contributed by atoms with Gasteiger partial charge in [0.2, 0.25) is 0 Å². The molecule has 1 atom stereocenters. The van der Waals surface area contributed by atoms with E-state index in [2.05, 4.69) is 28.0 Å². The van der Waals surface area contributed by atoms with Gasteiger partial charge in [0.15, 0.2) is 0 Å². The molecule has 0 aliphatic heterocycles. The largest absolute Gasteiger partial charge is 0.613 e. The van der Waals surface area contributed by atoms with Crippen LogP contribution in [0.4, 0.5) is 0 Å². The molecule has 8 heavy (non-hydrogen) atoms. The Balaban J connectivity index is 2.92. The van der Waals surface area contributed by atoms with Crippen molar-refractivity contribution in [2.24, 2.45) is 0 Å². The monoisotopic (exact) mass is 230 g/mol. The lowest BCUT2D eigenvalue weighted by atomic mass is 10.5. The van der Waals surface area contributed by atoms with Crippen LogP contribution in [-0.2, 0) is 0 Å². The van der Waals surface area contributed by atoms with E-state index in [1.54, 1.807) is 0 Å². The fourth-order valence-electron chi connectivity index (χ4n) is 0.390. The van der Waals surface area contributed by atoms with Crippen molar-refractivity contribution in [3.8, 4) is 0 Å². The van der Waals surface area contributed by atoms with E-state index in [0.29, 0.717) is 6.54 Å². The van der Waals surface area contributed by atoms with Crippen molar-refractivity contribution >= 4 is 22.6 Å². The minimum absolute atomic E-state index is 0.155. The predicted octanol–water partition coefficient (Wildman–Crippen LogP) is -0.324. The highest BCUT2D eigenvalue weighted by molar-refractivity contribution is 14.1. The van der Waals surface area contributed by atoms with E-state index in [1.807, 2.05) is 6.92 Å². The summed E-state index contributed by atoms with van der Waals surface area (Å²) < 4.78 is 0.719. The van der Waals surface area contributed by atoms with Gasteiger partial charge in [0.05, 0.1) is 11.1 Å². The second-order valence-electron chi connectivity index (χ2n) is 1.48. The second kappa shape index (κ2) is 5.74. The van der Waals surface area contributed by atoms with Crippen LogP contribution in [0.5, 0.6) is 0 Å². The summed E-state index contributed by atoms with van der Waals surface area (Å²) >= 11 is 2.11. The summed E-state index contributed by atoms with van der Waals surface area (Å²) in [6.45, 7) is 2.65. The molecule has 4 heteroatoms. The molecule has 0 saturated heterocycles. The van der Waals surface area contributed by atoms with Crippen LogP contribution in [0, 0.1) is 5.21 Å². The molecule has 1 unspecified atom stereocenters. The number of nitrogens with one attached hydrogen (secondary N) is 2. The first kappa shape index (κ1) is 8.61. The lowest BCUT2D eigenvalue weighted by Gasteiger charge is -2.19. The highest BCUT2D eigenvalue weighted by Gasteiger charge is 1.88. The lowest BCUT2D eigenvalue weighted by Crippen LogP contribution is -3.14. The average molecular weight is 230 g/mol. The quantitative estimate of drug-likeness (QED) is 0.300. The Morgan fingerprint density at radius 3 is 2.75 bits per heavy atom. The Morgan fingerprint density at radius 2 is 2.38 bits per heavy atom. The average Bonchev–Trinajstić information content (AvgIpc) is 1.68. The molecule has 0 aliphatic rings. The number of rotatable bonds is 4. The zero-order chi connectivity index (χ0) is 6.41. The van der Waals surface area contributed by atoms with Crippen LogP contribution in [0.25, 0.3) is 0 Å². The highest BCUT2D eigenvalue weighted by atomic mass is 127. The maximum absolute atomic E-state index is 10.5. The van der Waals surface area contributed by atoms with E-state index in [1.165, 1.54) is 0 Å². The van der Waals surface area contributed by atoms with Gasteiger partial charge in [-0.25, -0.2) is 0 Å². The molecule has 0 rings (SSSR count). The van der Waals surface area contributed by atoms with Crippen molar-refractivity contribution in [3.63, 3.8) is 0 Å². The van der Waals surface area contributed by atoms with Gasteiger partial charge in [-0.15, -0.1) is 0 Å². The van der Waals surface area contributed by atoms with E-state index < -0.39 is 0 Å². The first-order valence-electron chi connectivity index (χ1n) is 2.64. The molecule has 0 aromatic rings. The number of halogens is 1. The minimum atomic E-state index is 0.155. The van der Waals surface area contributed by atoms with Crippen LogP contribution >= 0.6 is 22.6 Å². The van der Waals surface area contributed by atoms with Crippen LogP contribution in [0.1, 0.15) is 13.3 Å². The minimum Gasteiger partial charge on any atom is -0.613 e. The molecule has 0 amide bonds. The summed E-state index contributed by atoms with van der Waals surface area (Å²) in [4.78, 5) is 0. The van der Waals surface area contributed by atoms with E-state index in [0.717, 1.165) is 11.0 Å². The van der Waals surface area contributed by atoms with Crippen molar-refractivity contribution in [2.45, 2.75) is 13.3 Å². The Hall–Kier alpha value is 0.610. The first-order valence-corrected chi connectivity index (χ1v) is 4.16. The Labute approximate surface area is 63.1 Å². The van der Waals surface area contributed by atoms with Crippen LogP contribution in [0.3, 0.4) is 0 Å². The van der Waals surface area contributed by atoms with Crippen molar-refractivity contribution in [1.82, 2.24) is 5.43 Å². The third-order valence-corrected chi connectivity index (χ3v) is 1.12. The normalized spacial score (nSPS) is 13.9. The molecule has 0 heterocycles. The molecule has 0 radical (unpaired) electrons. The number of hydroxylamine groups is 1. The zero-order valence-electron chi connectivity index (χ0n) is 4.91. The molecule has 0 aromatic heterocycles. The van der Waals surface area contributed by atoms with Gasteiger partial charge in [0, 0.05) is 0 Å². The van der Waals surface area contributed by atoms with E-state index in [-0.39, 0.29) is 5.17 Å². The number of hydrogen-bond acceptors (Lipinski definition) is 2. The summed E-state index contributed by atoms with van der Waals surface area (Å²) in [5, 5.41) is 10.7. The van der Waals surface area contributed by atoms with Gasteiger partial charge in [-0.05, 0) is 6.42 Å². The summed E-state index contributed by atoms with van der Waals surface area (Å²) in [6.07, 6.45) is 0.933. The van der Waals surface area contributed by atoms with Crippen molar-refractivity contribution in [1.29, 1.82) is 0 Å². The van der Waals surface area contributed by atoms with E-state index in [4.69, 9.17) is 0 Å². The van der Waals surface area contributed by atoms with Crippen molar-refractivity contribution in [3.05, 3.63) is 5.21 Å². The molecule has 2 N–H and O–H groups in total. The SMILES string of the molecule is CCC[NH+]([O-])NCI. The van der Waals surface area contributed by atoms with Crippen molar-refractivity contribution in [2.75, 3.05) is 11.1 Å². The van der Waals surface area contributed by atoms with Crippen LogP contribution < -0.4 is 10.6 Å². The Kier molecular flexibility index (Phi) is 6.18. The summed E-state index contributed by atoms with van der Waals surface area (Å²) in [5.74, 6) is 0. The van der Waals surface area contributed by atoms with E-state index >= 15 is 0 Å². The molecule has 0 bridgehead atoms. The van der Waals surface area contributed by atoms with Gasteiger partial charge < -0.3 is 5.21 Å². The Morgan fingerprint density at radius 1 is 1.75 bits per heavy atom. The zero-order valence-corrected chi connectivity index (χ0v) is 7.07. The molecular formula is C4H11IN2O. The maximum Gasteiger partial charge on any atom is 0.0964 e. The fourth-order valence-corrected chi connectivity index (χ4v) is 0.815. The van der Waals surface area contributed by atoms with Crippen molar-refractivity contribution < 1.29 is 5.17 Å². The van der Waals surface area contributed by atoms with Gasteiger partial charge in [-0.1, -0.05) is 29.5 Å². The lowest BCUT2D eigenvalue weighted by molar-refractivity contribution is -0.894. The highest BCUT2D eigenvalue weighted by Crippen LogP contribution is 1.67. The van der Waals surface area contributed by atoms with Crippen LogP contribution in [-0.4, -0.2) is 11.1 Å². The second-order valence-corrected chi connectivity index (χ2v) is 2.25. The fraction of sp³-hybridized carbons (Fsp3) is 1.00. The van der Waals surface area contributed by atoms with Crippen LogP contribution in [0.15, 0.2) is 0 Å². The van der Waals surface area contributed by atoms with Gasteiger partial charge in [-0.3, -0.25) is 5.17 Å². The molecule has 0 saturated carbocycles. The molecule has 0 fully saturated rings. The molecule has 3 nitrogen and oxygen atoms in total. The Bertz CT molecular complexity index is 47.3. The number of alkyl halides is 1. The maximum atomic E-state index is 10.5. The molecular weight excluding hydrogens is 219 g/mol. The standard InChI is InChI=1S/C4H11IN2O/c1-2-3-7(8)6-4-5/h6-7H,2-4H2,1H3. The number of hydrogen-bond donors (Lipinski definition) is 2. The van der Waals surface area contributed by atoms with Gasteiger partial charge in [0.25, 0.3) is 0 Å². The third-order valence-electron chi connectivity index (χ3n) is 0.741. The molecule has 0 aliphatic carbocycles. The van der Waals surface area contributed by atoms with Crippen LogP contribution in [0.2, 0.25) is 0 Å². The third kappa shape index (κ3) is 4.76. The predicted molar refractivity (Wildman–Crippen MR) is 41.5 cm³/mol. The summed E-state index contributed by atoms with van der Waals surface area (Å²) in [7, 11) is 0. The molecule has 50 valence electrons. The van der Waals surface area contributed by atoms with Gasteiger partial charge in [-0.2, -0.15) is 5.43 Å².